The standard InChI is InChI=1S/C12H19NO2S/c1-3-7-12(2,13)11(14)15-8-6-10-5-4-9-16-10/h4-5,9H,3,6-8,13H2,1-2H3. The minimum atomic E-state index is -0.843. The van der Waals surface area contributed by atoms with Crippen molar-refractivity contribution in [2.45, 2.75) is 38.6 Å². The molecule has 0 aromatic carbocycles. The third-order valence-corrected chi connectivity index (χ3v) is 3.33. The topological polar surface area (TPSA) is 52.3 Å². The van der Waals surface area contributed by atoms with Crippen molar-refractivity contribution in [2.24, 2.45) is 5.73 Å². The summed E-state index contributed by atoms with van der Waals surface area (Å²) in [6.07, 6.45) is 2.31. The second-order valence-electron chi connectivity index (χ2n) is 4.13. The summed E-state index contributed by atoms with van der Waals surface area (Å²) in [5.41, 5.74) is 5.02. The van der Waals surface area contributed by atoms with Crippen LogP contribution >= 0.6 is 11.3 Å². The van der Waals surface area contributed by atoms with Gasteiger partial charge in [0, 0.05) is 11.3 Å². The number of rotatable bonds is 6. The molecule has 1 heterocycles. The van der Waals surface area contributed by atoms with Crippen molar-refractivity contribution in [1.82, 2.24) is 0 Å². The van der Waals surface area contributed by atoms with E-state index in [1.54, 1.807) is 18.3 Å². The zero-order chi connectivity index (χ0) is 12.0. The molecule has 0 amide bonds. The maximum absolute atomic E-state index is 11.6. The van der Waals surface area contributed by atoms with E-state index in [4.69, 9.17) is 10.5 Å². The third kappa shape index (κ3) is 3.94. The molecule has 2 N–H and O–H groups in total. The molecule has 1 aromatic heterocycles. The van der Waals surface area contributed by atoms with Crippen molar-refractivity contribution in [2.75, 3.05) is 6.61 Å². The zero-order valence-electron chi connectivity index (χ0n) is 9.86. The second kappa shape index (κ2) is 6.01. The fraction of sp³-hybridized carbons (Fsp3) is 0.583. The van der Waals surface area contributed by atoms with E-state index >= 15 is 0 Å². The molecule has 3 nitrogen and oxygen atoms in total. The molecule has 1 aromatic rings. The molecule has 16 heavy (non-hydrogen) atoms. The Morgan fingerprint density at radius 2 is 2.38 bits per heavy atom. The van der Waals surface area contributed by atoms with Gasteiger partial charge in [-0.3, -0.25) is 4.79 Å². The number of carbonyl (C=O) groups excluding carboxylic acids is 1. The molecule has 0 fully saturated rings. The molecular formula is C12H19NO2S. The van der Waals surface area contributed by atoms with Gasteiger partial charge in [0.25, 0.3) is 0 Å². The molecule has 1 rings (SSSR count). The fourth-order valence-corrected chi connectivity index (χ4v) is 2.18. The van der Waals surface area contributed by atoms with Gasteiger partial charge in [-0.05, 0) is 24.8 Å². The Balaban J connectivity index is 2.30. The van der Waals surface area contributed by atoms with Crippen LogP contribution in [-0.2, 0) is 16.0 Å². The highest BCUT2D eigenvalue weighted by molar-refractivity contribution is 7.09. The van der Waals surface area contributed by atoms with Crippen LogP contribution in [0.15, 0.2) is 17.5 Å². The Hall–Kier alpha value is -0.870. The lowest BCUT2D eigenvalue weighted by atomic mass is 9.98. The third-order valence-electron chi connectivity index (χ3n) is 2.40. The van der Waals surface area contributed by atoms with E-state index < -0.39 is 5.54 Å². The van der Waals surface area contributed by atoms with Gasteiger partial charge in [-0.1, -0.05) is 19.4 Å². The van der Waals surface area contributed by atoms with Crippen LogP contribution in [0.25, 0.3) is 0 Å². The number of thiophene rings is 1. The first-order valence-corrected chi connectivity index (χ1v) is 6.42. The lowest BCUT2D eigenvalue weighted by Crippen LogP contribution is -2.46. The number of nitrogens with two attached hydrogens (primary N) is 1. The molecule has 1 unspecified atom stereocenters. The van der Waals surface area contributed by atoms with Crippen LogP contribution < -0.4 is 5.73 Å². The van der Waals surface area contributed by atoms with Crippen molar-refractivity contribution in [3.8, 4) is 0 Å². The largest absolute Gasteiger partial charge is 0.464 e. The predicted octanol–water partition coefficient (Wildman–Crippen LogP) is 2.35. The van der Waals surface area contributed by atoms with Gasteiger partial charge >= 0.3 is 5.97 Å². The number of carbonyl (C=O) groups is 1. The van der Waals surface area contributed by atoms with Crippen LogP contribution in [0.2, 0.25) is 0 Å². The van der Waals surface area contributed by atoms with Gasteiger partial charge in [0.05, 0.1) is 6.61 Å². The van der Waals surface area contributed by atoms with Crippen molar-refractivity contribution in [3.05, 3.63) is 22.4 Å². The highest BCUT2D eigenvalue weighted by atomic mass is 32.1. The summed E-state index contributed by atoms with van der Waals surface area (Å²) in [6.45, 7) is 4.14. The first-order chi connectivity index (χ1) is 7.56. The quantitative estimate of drug-likeness (QED) is 0.778. The average molecular weight is 241 g/mol. The van der Waals surface area contributed by atoms with Crippen molar-refractivity contribution < 1.29 is 9.53 Å². The van der Waals surface area contributed by atoms with Crippen LogP contribution in [0.5, 0.6) is 0 Å². The second-order valence-corrected chi connectivity index (χ2v) is 5.16. The first kappa shape index (κ1) is 13.2. The monoisotopic (exact) mass is 241 g/mol. The van der Waals surface area contributed by atoms with Gasteiger partial charge in [-0.2, -0.15) is 0 Å². The van der Waals surface area contributed by atoms with Gasteiger partial charge in [0.2, 0.25) is 0 Å². The Morgan fingerprint density at radius 1 is 1.62 bits per heavy atom. The molecule has 0 aliphatic heterocycles. The van der Waals surface area contributed by atoms with E-state index in [-0.39, 0.29) is 5.97 Å². The van der Waals surface area contributed by atoms with Crippen LogP contribution in [0, 0.1) is 0 Å². The molecule has 0 radical (unpaired) electrons. The Bertz CT molecular complexity index is 320. The molecule has 90 valence electrons. The summed E-state index contributed by atoms with van der Waals surface area (Å²) < 4.78 is 5.18. The van der Waals surface area contributed by atoms with E-state index in [9.17, 15) is 4.79 Å². The molecule has 0 aliphatic carbocycles. The number of hydrogen-bond acceptors (Lipinski definition) is 4. The van der Waals surface area contributed by atoms with Gasteiger partial charge in [-0.15, -0.1) is 11.3 Å². The smallest absolute Gasteiger partial charge is 0.325 e. The summed E-state index contributed by atoms with van der Waals surface area (Å²) >= 11 is 1.67. The van der Waals surface area contributed by atoms with Crippen molar-refractivity contribution in [1.29, 1.82) is 0 Å². The summed E-state index contributed by atoms with van der Waals surface area (Å²) in [7, 11) is 0. The maximum Gasteiger partial charge on any atom is 0.325 e. The minimum absolute atomic E-state index is 0.300. The predicted molar refractivity (Wildman–Crippen MR) is 66.5 cm³/mol. The van der Waals surface area contributed by atoms with Gasteiger partial charge in [-0.25, -0.2) is 0 Å². The Morgan fingerprint density at radius 3 is 2.94 bits per heavy atom. The SMILES string of the molecule is CCCC(C)(N)C(=O)OCCc1cccs1. The van der Waals surface area contributed by atoms with Gasteiger partial charge in [0.15, 0.2) is 0 Å². The summed E-state index contributed by atoms with van der Waals surface area (Å²) in [5, 5.41) is 2.02. The fourth-order valence-electron chi connectivity index (χ4n) is 1.49. The molecular weight excluding hydrogens is 222 g/mol. The van der Waals surface area contributed by atoms with Crippen molar-refractivity contribution >= 4 is 17.3 Å². The van der Waals surface area contributed by atoms with E-state index in [0.717, 1.165) is 12.8 Å². The average Bonchev–Trinajstić information content (AvgIpc) is 2.70. The molecule has 0 aliphatic rings. The lowest BCUT2D eigenvalue weighted by molar-refractivity contribution is -0.149. The highest BCUT2D eigenvalue weighted by Crippen LogP contribution is 2.12. The lowest BCUT2D eigenvalue weighted by Gasteiger charge is -2.21. The van der Waals surface area contributed by atoms with Crippen LogP contribution in [-0.4, -0.2) is 18.1 Å². The molecule has 4 heteroatoms. The number of esters is 1. The summed E-state index contributed by atoms with van der Waals surface area (Å²) in [4.78, 5) is 12.9. The van der Waals surface area contributed by atoms with Gasteiger partial charge in [0.1, 0.15) is 5.54 Å². The van der Waals surface area contributed by atoms with E-state index in [0.29, 0.717) is 13.0 Å². The van der Waals surface area contributed by atoms with E-state index in [1.165, 1.54) is 4.88 Å². The Kier molecular flexibility index (Phi) is 4.96. The summed E-state index contributed by atoms with van der Waals surface area (Å²) in [6, 6.07) is 4.03. The van der Waals surface area contributed by atoms with Crippen LogP contribution in [0.4, 0.5) is 0 Å². The highest BCUT2D eigenvalue weighted by Gasteiger charge is 2.28. The van der Waals surface area contributed by atoms with E-state index in [2.05, 4.69) is 0 Å². The number of ether oxygens (including phenoxy) is 1. The molecule has 1 atom stereocenters. The van der Waals surface area contributed by atoms with Crippen molar-refractivity contribution in [3.63, 3.8) is 0 Å². The molecule has 0 saturated heterocycles. The number of hydrogen-bond donors (Lipinski definition) is 1. The summed E-state index contributed by atoms with van der Waals surface area (Å²) in [5.74, 6) is -0.300. The minimum Gasteiger partial charge on any atom is -0.464 e. The first-order valence-electron chi connectivity index (χ1n) is 5.54. The normalized spacial score (nSPS) is 14.4. The van der Waals surface area contributed by atoms with Gasteiger partial charge < -0.3 is 10.5 Å². The molecule has 0 saturated carbocycles. The Labute approximate surface area is 101 Å². The molecule has 0 spiro atoms. The zero-order valence-corrected chi connectivity index (χ0v) is 10.7. The van der Waals surface area contributed by atoms with Crippen LogP contribution in [0.3, 0.4) is 0 Å². The molecule has 0 bridgehead atoms. The van der Waals surface area contributed by atoms with E-state index in [1.807, 2.05) is 24.4 Å². The maximum atomic E-state index is 11.6. The van der Waals surface area contributed by atoms with Crippen LogP contribution in [0.1, 0.15) is 31.6 Å².